The molecule has 0 N–H and O–H groups in total. The Morgan fingerprint density at radius 3 is 2.24 bits per heavy atom. The number of aromatic nitrogens is 1. The Kier molecular flexibility index (Phi) is 4.54. The van der Waals surface area contributed by atoms with Gasteiger partial charge in [-0.05, 0) is 24.0 Å². The number of hydrogen-bond donors (Lipinski definition) is 0. The van der Waals surface area contributed by atoms with Gasteiger partial charge < -0.3 is 0 Å². The van der Waals surface area contributed by atoms with E-state index in [9.17, 15) is 8.42 Å². The summed E-state index contributed by atoms with van der Waals surface area (Å²) in [6, 6.07) is 7.03. The molecular weight excluding hydrogens is 302 g/mol. The fourth-order valence-corrected chi connectivity index (χ4v) is 4.04. The van der Waals surface area contributed by atoms with Gasteiger partial charge in [0.1, 0.15) is 5.01 Å². The summed E-state index contributed by atoms with van der Waals surface area (Å²) >= 11 is 1.66. The Balaban J connectivity index is 2.55. The molecule has 5 heteroatoms. The van der Waals surface area contributed by atoms with Gasteiger partial charge in [0, 0.05) is 16.7 Å². The number of sulfone groups is 1. The third-order valence-corrected chi connectivity index (χ3v) is 5.79. The summed E-state index contributed by atoms with van der Waals surface area (Å²) in [5.41, 5.74) is 1.99. The molecule has 3 nitrogen and oxygen atoms in total. The normalized spacial score (nSPS) is 12.3. The summed E-state index contributed by atoms with van der Waals surface area (Å²) in [5.74, 6) is 0.789. The van der Waals surface area contributed by atoms with E-state index in [2.05, 4.69) is 27.7 Å². The minimum absolute atomic E-state index is 0.340. The van der Waals surface area contributed by atoms with Crippen LogP contribution in [-0.2, 0) is 9.84 Å². The zero-order chi connectivity index (χ0) is 15.8. The van der Waals surface area contributed by atoms with Gasteiger partial charge in [0.15, 0.2) is 9.84 Å². The predicted octanol–water partition coefficient (Wildman–Crippen LogP) is 4.46. The van der Waals surface area contributed by atoms with Crippen LogP contribution in [0.1, 0.15) is 50.1 Å². The van der Waals surface area contributed by atoms with Gasteiger partial charge in [0.25, 0.3) is 0 Å². The number of nitrogens with zero attached hydrogens (tertiary/aromatic N) is 1. The number of hydrogen-bond acceptors (Lipinski definition) is 4. The Hall–Kier alpha value is -1.20. The molecule has 0 fully saturated rings. The lowest BCUT2D eigenvalue weighted by Gasteiger charge is -2.07. The van der Waals surface area contributed by atoms with E-state index in [-0.39, 0.29) is 0 Å². The fourth-order valence-electron chi connectivity index (χ4n) is 2.15. The summed E-state index contributed by atoms with van der Waals surface area (Å²) in [6.07, 6.45) is 1.23. The Bertz CT molecular complexity index is 718. The molecule has 1 heterocycles. The molecule has 21 heavy (non-hydrogen) atoms. The van der Waals surface area contributed by atoms with Gasteiger partial charge in [0.2, 0.25) is 0 Å². The topological polar surface area (TPSA) is 47.0 Å². The molecule has 1 aromatic carbocycles. The molecule has 0 amide bonds. The number of thiazole rings is 1. The van der Waals surface area contributed by atoms with Crippen molar-refractivity contribution in [3.8, 4) is 10.6 Å². The molecule has 0 atom stereocenters. The first-order valence-electron chi connectivity index (χ1n) is 7.01. The van der Waals surface area contributed by atoms with Gasteiger partial charge in [-0.1, -0.05) is 39.8 Å². The summed E-state index contributed by atoms with van der Waals surface area (Å²) in [5, 5.41) is 0.896. The zero-order valence-corrected chi connectivity index (χ0v) is 14.7. The Morgan fingerprint density at radius 2 is 1.76 bits per heavy atom. The van der Waals surface area contributed by atoms with E-state index >= 15 is 0 Å². The molecule has 0 spiro atoms. The minimum atomic E-state index is -3.19. The molecule has 0 unspecified atom stereocenters. The molecule has 2 rings (SSSR count). The van der Waals surface area contributed by atoms with Gasteiger partial charge in [0.05, 0.1) is 10.6 Å². The summed E-state index contributed by atoms with van der Waals surface area (Å²) in [7, 11) is -3.19. The molecule has 0 aliphatic carbocycles. The van der Waals surface area contributed by atoms with Crippen molar-refractivity contribution in [2.45, 2.75) is 44.4 Å². The van der Waals surface area contributed by atoms with Crippen LogP contribution in [0.3, 0.4) is 0 Å². The maximum Gasteiger partial charge on any atom is 0.175 e. The van der Waals surface area contributed by atoms with Gasteiger partial charge in [-0.15, -0.1) is 11.3 Å². The molecule has 114 valence electrons. The van der Waals surface area contributed by atoms with Crippen molar-refractivity contribution in [3.63, 3.8) is 0 Å². The van der Waals surface area contributed by atoms with Crippen LogP contribution >= 0.6 is 11.3 Å². The van der Waals surface area contributed by atoms with E-state index in [1.807, 2.05) is 6.07 Å². The van der Waals surface area contributed by atoms with Crippen LogP contribution in [0.2, 0.25) is 0 Å². The largest absolute Gasteiger partial charge is 0.241 e. The average Bonchev–Trinajstić information content (AvgIpc) is 2.83. The van der Waals surface area contributed by atoms with Crippen molar-refractivity contribution in [1.29, 1.82) is 0 Å². The van der Waals surface area contributed by atoms with Gasteiger partial charge in [-0.3, -0.25) is 0 Å². The maximum atomic E-state index is 11.7. The second-order valence-electron chi connectivity index (χ2n) is 5.88. The molecule has 0 saturated carbocycles. The molecular formula is C16H21NO2S2. The average molecular weight is 323 g/mol. The smallest absolute Gasteiger partial charge is 0.175 e. The van der Waals surface area contributed by atoms with E-state index in [0.29, 0.717) is 16.7 Å². The lowest BCUT2D eigenvalue weighted by Crippen LogP contribution is -1.97. The van der Waals surface area contributed by atoms with Crippen LogP contribution in [0.15, 0.2) is 29.2 Å². The first-order valence-corrected chi connectivity index (χ1v) is 9.72. The van der Waals surface area contributed by atoms with Crippen LogP contribution in [0, 0.1) is 0 Å². The van der Waals surface area contributed by atoms with Crippen LogP contribution in [0.25, 0.3) is 10.6 Å². The fraction of sp³-hybridized carbons (Fsp3) is 0.438. The van der Waals surface area contributed by atoms with Crippen LogP contribution in [0.5, 0.6) is 0 Å². The van der Waals surface area contributed by atoms with E-state index < -0.39 is 9.84 Å². The highest BCUT2D eigenvalue weighted by atomic mass is 32.2. The zero-order valence-electron chi connectivity index (χ0n) is 13.0. The molecule has 0 saturated heterocycles. The number of rotatable bonds is 4. The lowest BCUT2D eigenvalue weighted by atomic mass is 10.0. The van der Waals surface area contributed by atoms with Gasteiger partial charge in [-0.2, -0.15) is 0 Å². The highest BCUT2D eigenvalue weighted by Crippen LogP contribution is 2.36. The summed E-state index contributed by atoms with van der Waals surface area (Å²) in [4.78, 5) is 6.37. The quantitative estimate of drug-likeness (QED) is 0.834. The molecule has 2 aromatic rings. The first-order chi connectivity index (χ1) is 9.70. The third kappa shape index (κ3) is 3.52. The molecule has 0 bridgehead atoms. The predicted molar refractivity (Wildman–Crippen MR) is 88.8 cm³/mol. The van der Waals surface area contributed by atoms with Crippen molar-refractivity contribution in [1.82, 2.24) is 4.98 Å². The van der Waals surface area contributed by atoms with E-state index in [0.717, 1.165) is 16.3 Å². The molecule has 0 radical (unpaired) electrons. The second kappa shape index (κ2) is 5.89. The van der Waals surface area contributed by atoms with Crippen molar-refractivity contribution in [2.24, 2.45) is 0 Å². The third-order valence-electron chi connectivity index (χ3n) is 3.26. The number of benzene rings is 1. The molecule has 1 aromatic heterocycles. The van der Waals surface area contributed by atoms with Crippen LogP contribution < -0.4 is 0 Å². The molecule has 0 aliphatic heterocycles. The van der Waals surface area contributed by atoms with Gasteiger partial charge >= 0.3 is 0 Å². The van der Waals surface area contributed by atoms with E-state index in [4.69, 9.17) is 4.98 Å². The van der Waals surface area contributed by atoms with Crippen molar-refractivity contribution >= 4 is 21.2 Å². The monoisotopic (exact) mass is 323 g/mol. The Morgan fingerprint density at radius 1 is 1.10 bits per heavy atom. The van der Waals surface area contributed by atoms with Crippen molar-refractivity contribution in [3.05, 3.63) is 34.8 Å². The first kappa shape index (κ1) is 16.2. The van der Waals surface area contributed by atoms with Crippen molar-refractivity contribution in [2.75, 3.05) is 6.26 Å². The Labute approximate surface area is 131 Å². The summed E-state index contributed by atoms with van der Waals surface area (Å²) in [6.45, 7) is 8.60. The molecule has 0 aliphatic rings. The highest BCUT2D eigenvalue weighted by Gasteiger charge is 2.18. The van der Waals surface area contributed by atoms with E-state index in [1.165, 1.54) is 11.1 Å². The summed E-state index contributed by atoms with van der Waals surface area (Å²) < 4.78 is 23.4. The SMILES string of the molecule is CC(C)c1nc(-c2cccc(S(C)(=O)=O)c2)sc1C(C)C. The van der Waals surface area contributed by atoms with Crippen LogP contribution in [-0.4, -0.2) is 19.7 Å². The van der Waals surface area contributed by atoms with E-state index in [1.54, 1.807) is 29.5 Å². The minimum Gasteiger partial charge on any atom is -0.241 e. The highest BCUT2D eigenvalue weighted by molar-refractivity contribution is 7.90. The maximum absolute atomic E-state index is 11.7. The standard InChI is InChI=1S/C16H21NO2S2/c1-10(2)14-15(11(3)4)20-16(17-14)12-7-6-8-13(9-12)21(5,18)19/h6-11H,1-5H3. The van der Waals surface area contributed by atoms with Gasteiger partial charge in [-0.25, -0.2) is 13.4 Å². The second-order valence-corrected chi connectivity index (χ2v) is 8.92. The van der Waals surface area contributed by atoms with Crippen molar-refractivity contribution < 1.29 is 8.42 Å². The lowest BCUT2D eigenvalue weighted by molar-refractivity contribution is 0.602. The van der Waals surface area contributed by atoms with Crippen LogP contribution in [0.4, 0.5) is 0 Å².